The Labute approximate surface area is 166 Å². The molecule has 0 spiro atoms. The first kappa shape index (κ1) is 18.5. The number of rotatable bonds is 6. The summed E-state index contributed by atoms with van der Waals surface area (Å²) in [6.07, 6.45) is 3.24. The van der Waals surface area contributed by atoms with Gasteiger partial charge in [0.2, 0.25) is 0 Å². The lowest BCUT2D eigenvalue weighted by atomic mass is 10.0. The molecule has 8 heteroatoms. The molecule has 7 nitrogen and oxygen atoms in total. The van der Waals surface area contributed by atoms with Crippen LogP contribution in [0.5, 0.6) is 6.01 Å². The number of aromatic nitrogens is 2. The highest BCUT2D eigenvalue weighted by molar-refractivity contribution is 7.98. The molecule has 1 atom stereocenters. The largest absolute Gasteiger partial charge is 0.443 e. The van der Waals surface area contributed by atoms with Crippen LogP contribution in [0.1, 0.15) is 5.56 Å². The SMILES string of the molecule is CSc1cccc(-c2ccccc2CO[C@@H]2COc3nc([N+](=O)[O-])cn3C2)c1. The Morgan fingerprint density at radius 3 is 3.00 bits per heavy atom. The standard InChI is InChI=1S/C20H19N3O4S/c1-28-17-7-4-6-14(9-17)18-8-3-2-5-15(18)12-26-16-10-22-11-19(23(24)25)21-20(22)27-13-16/h2-9,11,16H,10,12-13H2,1H3/t16-/m0/s1. The van der Waals surface area contributed by atoms with Crippen molar-refractivity contribution in [3.8, 4) is 17.1 Å². The molecule has 0 saturated carbocycles. The summed E-state index contributed by atoms with van der Waals surface area (Å²) in [5, 5.41) is 10.9. The molecule has 0 amide bonds. The number of fused-ring (bicyclic) bond motifs is 1. The minimum Gasteiger partial charge on any atom is -0.443 e. The molecule has 0 N–H and O–H groups in total. The van der Waals surface area contributed by atoms with Crippen molar-refractivity contribution in [2.24, 2.45) is 0 Å². The summed E-state index contributed by atoms with van der Waals surface area (Å²) in [7, 11) is 0. The lowest BCUT2D eigenvalue weighted by molar-refractivity contribution is -0.389. The Kier molecular flexibility index (Phi) is 5.31. The fraction of sp³-hybridized carbons (Fsp3) is 0.250. The molecular weight excluding hydrogens is 378 g/mol. The molecule has 28 heavy (non-hydrogen) atoms. The third-order valence-electron chi connectivity index (χ3n) is 4.59. The van der Waals surface area contributed by atoms with E-state index in [9.17, 15) is 10.1 Å². The van der Waals surface area contributed by atoms with E-state index in [0.717, 1.165) is 16.7 Å². The van der Waals surface area contributed by atoms with E-state index in [4.69, 9.17) is 9.47 Å². The van der Waals surface area contributed by atoms with E-state index in [1.54, 1.807) is 16.3 Å². The average molecular weight is 397 g/mol. The molecule has 2 aromatic carbocycles. The van der Waals surface area contributed by atoms with Gasteiger partial charge in [0.05, 0.1) is 13.2 Å². The second-order valence-corrected chi connectivity index (χ2v) is 7.30. The van der Waals surface area contributed by atoms with Crippen molar-refractivity contribution in [2.45, 2.75) is 24.2 Å². The van der Waals surface area contributed by atoms with Crippen LogP contribution >= 0.6 is 11.8 Å². The third-order valence-corrected chi connectivity index (χ3v) is 5.31. The summed E-state index contributed by atoms with van der Waals surface area (Å²) in [6, 6.07) is 16.8. The Bertz CT molecular complexity index is 1000. The molecule has 0 radical (unpaired) electrons. The van der Waals surface area contributed by atoms with E-state index in [1.807, 2.05) is 12.1 Å². The number of nitro groups is 1. The van der Waals surface area contributed by atoms with E-state index < -0.39 is 4.92 Å². The van der Waals surface area contributed by atoms with Gasteiger partial charge in [-0.25, -0.2) is 0 Å². The van der Waals surface area contributed by atoms with E-state index in [2.05, 4.69) is 47.6 Å². The molecule has 1 aliphatic rings. The first-order valence-corrected chi connectivity index (χ1v) is 10.0. The molecule has 0 unspecified atom stereocenters. The maximum absolute atomic E-state index is 10.9. The van der Waals surface area contributed by atoms with Crippen molar-refractivity contribution in [1.82, 2.24) is 9.55 Å². The number of ether oxygens (including phenoxy) is 2. The number of thioether (sulfide) groups is 1. The summed E-state index contributed by atoms with van der Waals surface area (Å²) >= 11 is 1.71. The van der Waals surface area contributed by atoms with Crippen molar-refractivity contribution in [2.75, 3.05) is 12.9 Å². The van der Waals surface area contributed by atoms with Crippen molar-refractivity contribution in [1.29, 1.82) is 0 Å². The van der Waals surface area contributed by atoms with Crippen LogP contribution in [0, 0.1) is 10.1 Å². The van der Waals surface area contributed by atoms with Crippen LogP contribution in [-0.2, 0) is 17.9 Å². The zero-order valence-electron chi connectivity index (χ0n) is 15.3. The molecule has 0 fully saturated rings. The van der Waals surface area contributed by atoms with Gasteiger partial charge in [0.15, 0.2) is 0 Å². The first-order chi connectivity index (χ1) is 13.6. The van der Waals surface area contributed by atoms with E-state index >= 15 is 0 Å². The maximum atomic E-state index is 10.9. The second kappa shape index (κ2) is 8.04. The maximum Gasteiger partial charge on any atom is 0.414 e. The smallest absolute Gasteiger partial charge is 0.414 e. The van der Waals surface area contributed by atoms with Crippen molar-refractivity contribution >= 4 is 17.6 Å². The Morgan fingerprint density at radius 2 is 2.18 bits per heavy atom. The zero-order chi connectivity index (χ0) is 19.5. The lowest BCUT2D eigenvalue weighted by Gasteiger charge is -2.23. The Morgan fingerprint density at radius 1 is 1.32 bits per heavy atom. The molecule has 0 bridgehead atoms. The van der Waals surface area contributed by atoms with Crippen LogP contribution in [0.2, 0.25) is 0 Å². The number of hydrogen-bond acceptors (Lipinski definition) is 6. The van der Waals surface area contributed by atoms with Crippen LogP contribution in [0.25, 0.3) is 11.1 Å². The van der Waals surface area contributed by atoms with Gasteiger partial charge < -0.3 is 19.6 Å². The van der Waals surface area contributed by atoms with Crippen LogP contribution in [0.3, 0.4) is 0 Å². The highest BCUT2D eigenvalue weighted by Gasteiger charge is 2.28. The van der Waals surface area contributed by atoms with Gasteiger partial charge in [0.1, 0.15) is 18.9 Å². The van der Waals surface area contributed by atoms with E-state index in [-0.39, 0.29) is 17.9 Å². The van der Waals surface area contributed by atoms with Gasteiger partial charge in [0, 0.05) is 9.88 Å². The van der Waals surface area contributed by atoms with Gasteiger partial charge in [-0.1, -0.05) is 36.4 Å². The molecule has 1 aliphatic heterocycles. The monoisotopic (exact) mass is 397 g/mol. The quantitative estimate of drug-likeness (QED) is 0.353. The summed E-state index contributed by atoms with van der Waals surface area (Å²) < 4.78 is 13.2. The van der Waals surface area contributed by atoms with E-state index in [0.29, 0.717) is 19.8 Å². The summed E-state index contributed by atoms with van der Waals surface area (Å²) in [5.41, 5.74) is 3.37. The van der Waals surface area contributed by atoms with Gasteiger partial charge in [-0.05, 0) is 40.0 Å². The highest BCUT2D eigenvalue weighted by atomic mass is 32.2. The van der Waals surface area contributed by atoms with Crippen molar-refractivity contribution in [3.05, 3.63) is 70.4 Å². The van der Waals surface area contributed by atoms with Crippen LogP contribution in [0.15, 0.2) is 59.6 Å². The molecular formula is C20H19N3O4S. The summed E-state index contributed by atoms with van der Waals surface area (Å²) in [6.45, 7) is 1.22. The second-order valence-electron chi connectivity index (χ2n) is 6.42. The Balaban J connectivity index is 1.48. The molecule has 4 rings (SSSR count). The van der Waals surface area contributed by atoms with Crippen molar-refractivity contribution < 1.29 is 14.4 Å². The Hall–Kier alpha value is -2.84. The fourth-order valence-corrected chi connectivity index (χ4v) is 3.65. The van der Waals surface area contributed by atoms with Gasteiger partial charge in [-0.2, -0.15) is 0 Å². The lowest BCUT2D eigenvalue weighted by Crippen LogP contribution is -2.32. The van der Waals surface area contributed by atoms with Gasteiger partial charge in [-0.15, -0.1) is 11.8 Å². The zero-order valence-corrected chi connectivity index (χ0v) is 16.1. The minimum atomic E-state index is -0.524. The average Bonchev–Trinajstić information content (AvgIpc) is 3.16. The summed E-state index contributed by atoms with van der Waals surface area (Å²) in [4.78, 5) is 15.4. The molecule has 2 heterocycles. The number of benzene rings is 2. The molecule has 1 aromatic heterocycles. The molecule has 3 aromatic rings. The number of nitrogens with zero attached hydrogens (tertiary/aromatic N) is 3. The molecule has 0 aliphatic carbocycles. The highest BCUT2D eigenvalue weighted by Crippen LogP contribution is 2.29. The molecule has 144 valence electrons. The number of hydrogen-bond donors (Lipinski definition) is 0. The third kappa shape index (κ3) is 3.88. The van der Waals surface area contributed by atoms with Gasteiger partial charge >= 0.3 is 11.8 Å². The predicted molar refractivity (Wildman–Crippen MR) is 107 cm³/mol. The van der Waals surface area contributed by atoms with Crippen LogP contribution < -0.4 is 4.74 Å². The summed E-state index contributed by atoms with van der Waals surface area (Å²) in [5.74, 6) is -0.213. The van der Waals surface area contributed by atoms with Gasteiger partial charge in [0.25, 0.3) is 0 Å². The van der Waals surface area contributed by atoms with Gasteiger partial charge in [-0.3, -0.25) is 4.57 Å². The predicted octanol–water partition coefficient (Wildman–Crippen LogP) is 4.16. The number of imidazole rings is 1. The molecule has 0 saturated heterocycles. The minimum absolute atomic E-state index is 0.202. The van der Waals surface area contributed by atoms with Crippen LogP contribution in [-0.4, -0.2) is 33.4 Å². The van der Waals surface area contributed by atoms with Crippen molar-refractivity contribution in [3.63, 3.8) is 0 Å². The fourth-order valence-electron chi connectivity index (χ4n) is 3.19. The normalized spacial score (nSPS) is 15.7. The first-order valence-electron chi connectivity index (χ1n) is 8.82. The van der Waals surface area contributed by atoms with E-state index in [1.165, 1.54) is 11.1 Å². The topological polar surface area (TPSA) is 79.4 Å². The van der Waals surface area contributed by atoms with Crippen LogP contribution in [0.4, 0.5) is 5.82 Å².